The summed E-state index contributed by atoms with van der Waals surface area (Å²) < 4.78 is 22.4. The predicted molar refractivity (Wildman–Crippen MR) is 77.8 cm³/mol. The molecule has 1 aromatic carbocycles. The molecule has 7 heteroatoms. The van der Waals surface area contributed by atoms with E-state index in [4.69, 9.17) is 5.11 Å². The molecular weight excluding hydrogens is 298 g/mol. The van der Waals surface area contributed by atoms with Gasteiger partial charge in [0, 0.05) is 16.7 Å². The molecule has 0 atom stereocenters. The molecule has 2 rings (SSSR count). The Kier molecular flexibility index (Phi) is 3.92. The van der Waals surface area contributed by atoms with Crippen molar-refractivity contribution in [3.05, 3.63) is 39.7 Å². The molecule has 20 heavy (non-hydrogen) atoms. The molecule has 0 amide bonds. The smallest absolute Gasteiger partial charge is 0.365 e. The highest BCUT2D eigenvalue weighted by atomic mass is 32.2. The van der Waals surface area contributed by atoms with Gasteiger partial charge in [-0.3, -0.25) is 0 Å². The molecular formula is C13H13NO4S2. The van der Waals surface area contributed by atoms with Gasteiger partial charge in [0.15, 0.2) is 9.84 Å². The van der Waals surface area contributed by atoms with E-state index in [1.54, 1.807) is 24.3 Å². The number of hydrogen-bond acceptors (Lipinski definition) is 5. The summed E-state index contributed by atoms with van der Waals surface area (Å²) in [6.45, 7) is 1.81. The summed E-state index contributed by atoms with van der Waals surface area (Å²) in [5.74, 6) is -1.05. The molecule has 0 saturated carbocycles. The fourth-order valence-electron chi connectivity index (χ4n) is 1.82. The van der Waals surface area contributed by atoms with E-state index in [9.17, 15) is 13.2 Å². The lowest BCUT2D eigenvalue weighted by molar-refractivity contribution is 0.0696. The molecule has 0 unspecified atom stereocenters. The Bertz CT molecular complexity index is 745. The Hall–Kier alpha value is -1.73. The second-order valence-electron chi connectivity index (χ2n) is 4.50. The summed E-state index contributed by atoms with van der Waals surface area (Å²) in [7, 11) is -3.06. The third kappa shape index (κ3) is 3.43. The van der Waals surface area contributed by atoms with Crippen LogP contribution in [0.1, 0.15) is 20.2 Å². The molecule has 1 heterocycles. The van der Waals surface area contributed by atoms with E-state index in [2.05, 4.69) is 4.98 Å². The minimum atomic E-state index is -3.06. The standard InChI is InChI=1S/C13H13NO4S2/c1-8-11(14-12(19-8)13(15)16)10-5-3-9(4-6-10)7-20(2,17)18/h3-6H,7H2,1-2H3,(H,15,16). The Morgan fingerprint density at radius 1 is 1.30 bits per heavy atom. The second kappa shape index (κ2) is 5.34. The summed E-state index contributed by atoms with van der Waals surface area (Å²) in [5, 5.41) is 8.98. The first-order valence-corrected chi connectivity index (χ1v) is 8.62. The lowest BCUT2D eigenvalue weighted by Crippen LogP contribution is -2.00. The molecule has 0 aliphatic heterocycles. The number of carboxylic acid groups (broad SMARTS) is 1. The summed E-state index contributed by atoms with van der Waals surface area (Å²) in [4.78, 5) is 15.8. The third-order valence-corrected chi connectivity index (χ3v) is 4.45. The molecule has 0 aliphatic carbocycles. The van der Waals surface area contributed by atoms with Crippen LogP contribution in [0.2, 0.25) is 0 Å². The van der Waals surface area contributed by atoms with Crippen molar-refractivity contribution in [3.63, 3.8) is 0 Å². The van der Waals surface area contributed by atoms with E-state index in [1.807, 2.05) is 6.92 Å². The van der Waals surface area contributed by atoms with Crippen molar-refractivity contribution < 1.29 is 18.3 Å². The molecule has 0 saturated heterocycles. The molecule has 0 aliphatic rings. The highest BCUT2D eigenvalue weighted by Crippen LogP contribution is 2.27. The van der Waals surface area contributed by atoms with Crippen LogP contribution in [0.15, 0.2) is 24.3 Å². The fourth-order valence-corrected chi connectivity index (χ4v) is 3.39. The summed E-state index contributed by atoms with van der Waals surface area (Å²) >= 11 is 1.12. The van der Waals surface area contributed by atoms with Crippen LogP contribution in [0, 0.1) is 6.92 Å². The Morgan fingerprint density at radius 3 is 2.35 bits per heavy atom. The minimum absolute atomic E-state index is 0.0102. The average Bonchev–Trinajstić information content (AvgIpc) is 2.70. The highest BCUT2D eigenvalue weighted by molar-refractivity contribution is 7.89. The minimum Gasteiger partial charge on any atom is -0.476 e. The summed E-state index contributed by atoms with van der Waals surface area (Å²) in [6.07, 6.45) is 1.19. The van der Waals surface area contributed by atoms with Gasteiger partial charge in [0.2, 0.25) is 5.01 Å². The van der Waals surface area contributed by atoms with Gasteiger partial charge in [-0.05, 0) is 12.5 Å². The van der Waals surface area contributed by atoms with Gasteiger partial charge >= 0.3 is 5.97 Å². The Balaban J connectivity index is 2.33. The topological polar surface area (TPSA) is 84.3 Å². The number of sulfone groups is 1. The molecule has 5 nitrogen and oxygen atoms in total. The molecule has 0 radical (unpaired) electrons. The van der Waals surface area contributed by atoms with Crippen LogP contribution in [0.25, 0.3) is 11.3 Å². The predicted octanol–water partition coefficient (Wildman–Crippen LogP) is 2.36. The quantitative estimate of drug-likeness (QED) is 0.937. The molecule has 0 bridgehead atoms. The largest absolute Gasteiger partial charge is 0.476 e. The maximum Gasteiger partial charge on any atom is 0.365 e. The first-order chi connectivity index (χ1) is 9.26. The number of aryl methyl sites for hydroxylation is 1. The van der Waals surface area contributed by atoms with Crippen LogP contribution >= 0.6 is 11.3 Å². The number of nitrogens with zero attached hydrogens (tertiary/aromatic N) is 1. The number of thiazole rings is 1. The van der Waals surface area contributed by atoms with E-state index in [0.29, 0.717) is 11.3 Å². The van der Waals surface area contributed by atoms with Crippen LogP contribution in [-0.2, 0) is 15.6 Å². The molecule has 1 N–H and O–H groups in total. The second-order valence-corrected chi connectivity index (χ2v) is 7.84. The maximum atomic E-state index is 11.2. The van der Waals surface area contributed by atoms with Crippen molar-refractivity contribution in [2.45, 2.75) is 12.7 Å². The zero-order valence-electron chi connectivity index (χ0n) is 11.0. The molecule has 0 spiro atoms. The van der Waals surface area contributed by atoms with Gasteiger partial charge in [-0.15, -0.1) is 11.3 Å². The molecule has 2 aromatic rings. The fraction of sp³-hybridized carbons (Fsp3) is 0.231. The average molecular weight is 311 g/mol. The van der Waals surface area contributed by atoms with Gasteiger partial charge in [-0.2, -0.15) is 0 Å². The van der Waals surface area contributed by atoms with Crippen molar-refractivity contribution in [2.24, 2.45) is 0 Å². The number of hydrogen-bond donors (Lipinski definition) is 1. The number of aromatic carboxylic acids is 1. The van der Waals surface area contributed by atoms with Crippen molar-refractivity contribution in [1.29, 1.82) is 0 Å². The van der Waals surface area contributed by atoms with Gasteiger partial charge < -0.3 is 5.11 Å². The highest BCUT2D eigenvalue weighted by Gasteiger charge is 2.14. The van der Waals surface area contributed by atoms with E-state index >= 15 is 0 Å². The van der Waals surface area contributed by atoms with Crippen molar-refractivity contribution in [1.82, 2.24) is 4.98 Å². The van der Waals surface area contributed by atoms with Gasteiger partial charge in [0.1, 0.15) is 0 Å². The first kappa shape index (κ1) is 14.7. The number of aromatic nitrogens is 1. The normalized spacial score (nSPS) is 11.5. The molecule has 0 fully saturated rings. The third-order valence-electron chi connectivity index (χ3n) is 2.64. The number of carboxylic acids is 1. The van der Waals surface area contributed by atoms with E-state index in [0.717, 1.165) is 21.8 Å². The number of benzene rings is 1. The zero-order chi connectivity index (χ0) is 14.9. The maximum absolute atomic E-state index is 11.2. The first-order valence-electron chi connectivity index (χ1n) is 5.74. The van der Waals surface area contributed by atoms with E-state index in [1.165, 1.54) is 6.26 Å². The molecule has 1 aromatic heterocycles. The van der Waals surface area contributed by atoms with Crippen LogP contribution in [-0.4, -0.2) is 30.7 Å². The summed E-state index contributed by atoms with van der Waals surface area (Å²) in [6, 6.07) is 6.95. The van der Waals surface area contributed by atoms with Gasteiger partial charge in [0.05, 0.1) is 11.4 Å². The van der Waals surface area contributed by atoms with Gasteiger partial charge in [-0.25, -0.2) is 18.2 Å². The molecule has 106 valence electrons. The zero-order valence-corrected chi connectivity index (χ0v) is 12.6. The lowest BCUT2D eigenvalue weighted by atomic mass is 10.1. The lowest BCUT2D eigenvalue weighted by Gasteiger charge is -2.02. The van der Waals surface area contributed by atoms with Crippen LogP contribution in [0.3, 0.4) is 0 Å². The SMILES string of the molecule is Cc1sc(C(=O)O)nc1-c1ccc(CS(C)(=O)=O)cc1. The van der Waals surface area contributed by atoms with Crippen LogP contribution in [0.4, 0.5) is 0 Å². The monoisotopic (exact) mass is 311 g/mol. The van der Waals surface area contributed by atoms with Crippen molar-refractivity contribution in [2.75, 3.05) is 6.26 Å². The van der Waals surface area contributed by atoms with E-state index < -0.39 is 15.8 Å². The Morgan fingerprint density at radius 2 is 1.90 bits per heavy atom. The van der Waals surface area contributed by atoms with Gasteiger partial charge in [-0.1, -0.05) is 24.3 Å². The van der Waals surface area contributed by atoms with Crippen molar-refractivity contribution >= 4 is 27.1 Å². The Labute approximate surface area is 120 Å². The van der Waals surface area contributed by atoms with Crippen LogP contribution < -0.4 is 0 Å². The number of carbonyl (C=O) groups is 1. The van der Waals surface area contributed by atoms with E-state index in [-0.39, 0.29) is 10.8 Å². The van der Waals surface area contributed by atoms with Gasteiger partial charge in [0.25, 0.3) is 0 Å². The number of rotatable bonds is 4. The van der Waals surface area contributed by atoms with Crippen LogP contribution in [0.5, 0.6) is 0 Å². The summed E-state index contributed by atoms with van der Waals surface area (Å²) in [5.41, 5.74) is 2.10. The van der Waals surface area contributed by atoms with Crippen molar-refractivity contribution in [3.8, 4) is 11.3 Å².